The van der Waals surface area contributed by atoms with Crippen LogP contribution >= 0.6 is 7.82 Å². The van der Waals surface area contributed by atoms with Crippen molar-refractivity contribution in [3.63, 3.8) is 0 Å². The Kier molecular flexibility index (Phi) is 39.1. The van der Waals surface area contributed by atoms with E-state index in [0.717, 1.165) is 38.5 Å². The van der Waals surface area contributed by atoms with Gasteiger partial charge in [-0.05, 0) is 38.5 Å². The Labute approximate surface area is 348 Å². The molecule has 0 bridgehead atoms. The Balaban J connectivity index is 4.25. The van der Waals surface area contributed by atoms with E-state index in [1.165, 1.54) is 167 Å². The molecule has 3 atom stereocenters. The summed E-state index contributed by atoms with van der Waals surface area (Å²) in [6.45, 7) is 4.73. The van der Waals surface area contributed by atoms with Crippen LogP contribution in [-0.2, 0) is 18.4 Å². The number of carbonyl (C=O) groups excluding carboxylic acids is 1. The van der Waals surface area contributed by atoms with Crippen molar-refractivity contribution in [3.8, 4) is 0 Å². The topological polar surface area (TPSA) is 108 Å². The Bertz CT molecular complexity index is 927. The lowest BCUT2D eigenvalue weighted by molar-refractivity contribution is -0.870. The second-order valence-corrected chi connectivity index (χ2v) is 19.2. The highest BCUT2D eigenvalue weighted by Crippen LogP contribution is 2.38. The summed E-state index contributed by atoms with van der Waals surface area (Å²) < 4.78 is 23.3. The van der Waals surface area contributed by atoms with E-state index in [9.17, 15) is 19.4 Å². The molecule has 0 fully saturated rings. The first kappa shape index (κ1) is 55.2. The second-order valence-electron chi connectivity index (χ2n) is 17.8. The van der Waals surface area contributed by atoms with Crippen LogP contribution in [0.15, 0.2) is 12.2 Å². The van der Waals surface area contributed by atoms with Gasteiger partial charge < -0.3 is 28.8 Å². The van der Waals surface area contributed by atoms with Crippen LogP contribution in [0.4, 0.5) is 0 Å². The number of quaternary nitrogens is 1. The fraction of sp³-hybridized carbons (Fsp3) is 0.936. The molecule has 8 nitrogen and oxygen atoms in total. The first-order valence-electron chi connectivity index (χ1n) is 24.0. The predicted molar refractivity (Wildman–Crippen MR) is 238 cm³/mol. The highest BCUT2D eigenvalue weighted by Gasteiger charge is 2.24. The zero-order chi connectivity index (χ0) is 41.4. The van der Waals surface area contributed by atoms with Crippen molar-refractivity contribution >= 4 is 13.7 Å². The number of hydrogen-bond acceptors (Lipinski definition) is 6. The lowest BCUT2D eigenvalue weighted by atomic mass is 10.0. The molecule has 3 unspecified atom stereocenters. The van der Waals surface area contributed by atoms with Gasteiger partial charge in [-0.25, -0.2) is 0 Å². The molecule has 2 N–H and O–H groups in total. The van der Waals surface area contributed by atoms with Crippen molar-refractivity contribution in [2.45, 2.75) is 244 Å². The summed E-state index contributed by atoms with van der Waals surface area (Å²) in [7, 11) is 1.31. The van der Waals surface area contributed by atoms with Gasteiger partial charge in [0.1, 0.15) is 13.2 Å². The third-order valence-electron chi connectivity index (χ3n) is 11.0. The average Bonchev–Trinajstić information content (AvgIpc) is 3.15. The van der Waals surface area contributed by atoms with E-state index in [4.69, 9.17) is 9.05 Å². The third kappa shape index (κ3) is 41.4. The van der Waals surface area contributed by atoms with Crippen molar-refractivity contribution < 1.29 is 32.9 Å². The molecule has 0 aliphatic carbocycles. The molecule has 0 spiro atoms. The molecule has 0 aromatic carbocycles. The quantitative estimate of drug-likeness (QED) is 0.0274. The highest BCUT2D eigenvalue weighted by atomic mass is 31.2. The Morgan fingerprint density at radius 3 is 1.39 bits per heavy atom. The lowest BCUT2D eigenvalue weighted by Crippen LogP contribution is -2.46. The Morgan fingerprint density at radius 1 is 0.607 bits per heavy atom. The largest absolute Gasteiger partial charge is 0.756 e. The van der Waals surface area contributed by atoms with Crippen molar-refractivity contribution in [2.24, 2.45) is 0 Å². The average molecular weight is 815 g/mol. The minimum atomic E-state index is -4.56. The molecule has 0 aromatic heterocycles. The van der Waals surface area contributed by atoms with Crippen molar-refractivity contribution in [1.82, 2.24) is 5.32 Å². The first-order chi connectivity index (χ1) is 27.0. The summed E-state index contributed by atoms with van der Waals surface area (Å²) in [6, 6.07) is -0.798. The summed E-state index contributed by atoms with van der Waals surface area (Å²) in [5.74, 6) is -0.167. The van der Waals surface area contributed by atoms with Crippen LogP contribution in [0.25, 0.3) is 0 Å². The van der Waals surface area contributed by atoms with Crippen LogP contribution < -0.4 is 10.2 Å². The number of hydrogen-bond donors (Lipinski definition) is 2. The summed E-state index contributed by atoms with van der Waals surface area (Å²) >= 11 is 0. The van der Waals surface area contributed by atoms with E-state index in [1.807, 2.05) is 21.1 Å². The number of unbranched alkanes of at least 4 members (excludes halogenated alkanes) is 29. The number of aliphatic hydroxyl groups is 1. The van der Waals surface area contributed by atoms with Crippen LogP contribution in [0.3, 0.4) is 0 Å². The Morgan fingerprint density at radius 2 is 0.982 bits per heavy atom. The van der Waals surface area contributed by atoms with Gasteiger partial charge in [0, 0.05) is 6.42 Å². The summed E-state index contributed by atoms with van der Waals surface area (Å²) in [4.78, 5) is 25.4. The lowest BCUT2D eigenvalue weighted by Gasteiger charge is -2.30. The SMILES string of the molecule is CCCCCCCCCCCC/C=C\CCCCCCCCCC(=O)NC(COP(=O)([O-])OCC[N+](C)(C)C)C(O)CCCCCCCCCCCCCCC. The minimum Gasteiger partial charge on any atom is -0.756 e. The predicted octanol–water partition coefficient (Wildman–Crippen LogP) is 12.9. The molecule has 9 heteroatoms. The van der Waals surface area contributed by atoms with Crippen LogP contribution in [0.5, 0.6) is 0 Å². The van der Waals surface area contributed by atoms with Crippen LogP contribution in [0, 0.1) is 0 Å². The van der Waals surface area contributed by atoms with Crippen molar-refractivity contribution in [2.75, 3.05) is 40.9 Å². The van der Waals surface area contributed by atoms with Crippen LogP contribution in [-0.4, -0.2) is 68.5 Å². The van der Waals surface area contributed by atoms with E-state index in [2.05, 4.69) is 31.3 Å². The maximum absolute atomic E-state index is 12.9. The number of aliphatic hydroxyl groups excluding tert-OH is 1. The van der Waals surface area contributed by atoms with E-state index in [1.54, 1.807) is 0 Å². The number of nitrogens with zero attached hydrogens (tertiary/aromatic N) is 1. The fourth-order valence-electron chi connectivity index (χ4n) is 7.15. The molecule has 0 rings (SSSR count). The van der Waals surface area contributed by atoms with Gasteiger partial charge in [0.2, 0.25) is 5.91 Å². The van der Waals surface area contributed by atoms with E-state index < -0.39 is 20.0 Å². The van der Waals surface area contributed by atoms with E-state index >= 15 is 0 Å². The Hall–Kier alpha value is -0.760. The monoisotopic (exact) mass is 815 g/mol. The second kappa shape index (κ2) is 39.7. The molecular weight excluding hydrogens is 719 g/mol. The number of amides is 1. The van der Waals surface area contributed by atoms with E-state index in [-0.39, 0.29) is 19.1 Å². The zero-order valence-corrected chi connectivity index (χ0v) is 38.7. The molecule has 0 saturated heterocycles. The van der Waals surface area contributed by atoms with Gasteiger partial charge in [0.15, 0.2) is 0 Å². The number of phosphoric acid groups is 1. The fourth-order valence-corrected chi connectivity index (χ4v) is 7.88. The number of allylic oxidation sites excluding steroid dienone is 2. The number of phosphoric ester groups is 1. The number of nitrogens with one attached hydrogen (secondary N) is 1. The van der Waals surface area contributed by atoms with Crippen LogP contribution in [0.1, 0.15) is 232 Å². The molecule has 56 heavy (non-hydrogen) atoms. The third-order valence-corrected chi connectivity index (χ3v) is 12.0. The van der Waals surface area contributed by atoms with Gasteiger partial charge in [0.05, 0.1) is 39.9 Å². The van der Waals surface area contributed by atoms with Gasteiger partial charge in [-0.3, -0.25) is 9.36 Å². The summed E-state index contributed by atoms with van der Waals surface area (Å²) in [5.41, 5.74) is 0. The molecule has 0 radical (unpaired) electrons. The molecule has 0 aliphatic heterocycles. The number of rotatable bonds is 44. The number of likely N-dealkylation sites (N-methyl/N-ethyl adjacent to an activating group) is 1. The highest BCUT2D eigenvalue weighted by molar-refractivity contribution is 7.45. The van der Waals surface area contributed by atoms with E-state index in [0.29, 0.717) is 23.9 Å². The van der Waals surface area contributed by atoms with Crippen molar-refractivity contribution in [3.05, 3.63) is 12.2 Å². The smallest absolute Gasteiger partial charge is 0.268 e. The summed E-state index contributed by atoms with van der Waals surface area (Å²) in [6.07, 6.45) is 45.0. The van der Waals surface area contributed by atoms with Gasteiger partial charge in [0.25, 0.3) is 7.82 Å². The number of carbonyl (C=O) groups is 1. The minimum absolute atomic E-state index is 0.0132. The van der Waals surface area contributed by atoms with Crippen molar-refractivity contribution in [1.29, 1.82) is 0 Å². The molecule has 0 saturated carbocycles. The first-order valence-corrected chi connectivity index (χ1v) is 25.5. The van der Waals surface area contributed by atoms with Gasteiger partial charge >= 0.3 is 0 Å². The maximum Gasteiger partial charge on any atom is 0.268 e. The maximum atomic E-state index is 12.9. The molecule has 0 aliphatic rings. The van der Waals surface area contributed by atoms with Gasteiger partial charge in [-0.1, -0.05) is 199 Å². The van der Waals surface area contributed by atoms with Gasteiger partial charge in [-0.2, -0.15) is 0 Å². The summed E-state index contributed by atoms with van der Waals surface area (Å²) in [5, 5.41) is 13.9. The van der Waals surface area contributed by atoms with Crippen LogP contribution in [0.2, 0.25) is 0 Å². The molecular formula is C47H95N2O6P. The zero-order valence-electron chi connectivity index (χ0n) is 37.9. The molecule has 334 valence electrons. The molecule has 1 amide bonds. The standard InChI is InChI=1S/C47H95N2O6P/c1-6-8-10-12-14-16-18-20-21-22-23-24-25-26-27-29-31-33-35-37-39-41-47(51)48-45(44-55-56(52,53)54-43-42-49(3,4)5)46(50)40-38-36-34-32-30-28-19-17-15-13-11-9-7-2/h24-25,45-46,50H,6-23,26-44H2,1-5H3,(H-,48,51,52,53)/b25-24-. The van der Waals surface area contributed by atoms with Gasteiger partial charge in [-0.15, -0.1) is 0 Å². The molecule has 0 aromatic rings. The normalized spacial score (nSPS) is 14.3. The molecule has 0 heterocycles.